The molecular formula is C9H7Cl3O5S. The van der Waals surface area contributed by atoms with Gasteiger partial charge in [-0.15, -0.1) is 0 Å². The Bertz CT molecular complexity index is 584. The van der Waals surface area contributed by atoms with E-state index < -0.39 is 27.1 Å². The Morgan fingerprint density at radius 1 is 1.22 bits per heavy atom. The van der Waals surface area contributed by atoms with Gasteiger partial charge >= 0.3 is 5.97 Å². The van der Waals surface area contributed by atoms with E-state index in [1.54, 1.807) is 0 Å². The topological polar surface area (TPSA) is 80.7 Å². The maximum Gasteiger partial charge on any atom is 0.334 e. The maximum absolute atomic E-state index is 11.8. The third kappa shape index (κ3) is 3.49. The highest BCUT2D eigenvalue weighted by Crippen LogP contribution is 2.32. The largest absolute Gasteiger partial charge is 0.479 e. The van der Waals surface area contributed by atoms with Crippen molar-refractivity contribution in [1.82, 2.24) is 0 Å². The van der Waals surface area contributed by atoms with E-state index in [1.807, 2.05) is 0 Å². The molecule has 1 aromatic carbocycles. The number of carbonyl (C=O) groups is 1. The Morgan fingerprint density at radius 3 is 2.22 bits per heavy atom. The lowest BCUT2D eigenvalue weighted by Gasteiger charge is -2.11. The number of carboxylic acid groups (broad SMARTS) is 1. The third-order valence-electron chi connectivity index (χ3n) is 1.86. The SMILES string of the molecule is C[C@H](OS(=O)(=O)c1cc(Cl)c(Cl)cc1Cl)C(=O)O. The lowest BCUT2D eigenvalue weighted by molar-refractivity contribution is -0.144. The summed E-state index contributed by atoms with van der Waals surface area (Å²) in [6.45, 7) is 1.07. The normalized spacial score (nSPS) is 13.3. The van der Waals surface area contributed by atoms with Gasteiger partial charge in [0.25, 0.3) is 10.1 Å². The van der Waals surface area contributed by atoms with Gasteiger partial charge < -0.3 is 5.11 Å². The molecule has 0 spiro atoms. The molecule has 0 saturated heterocycles. The number of hydrogen-bond acceptors (Lipinski definition) is 4. The first kappa shape index (κ1) is 15.5. The smallest absolute Gasteiger partial charge is 0.334 e. The second kappa shape index (κ2) is 5.63. The first-order chi connectivity index (χ1) is 8.15. The Labute approximate surface area is 118 Å². The molecule has 9 heteroatoms. The molecule has 0 heterocycles. The second-order valence-corrected chi connectivity index (χ2v) is 5.99. The van der Waals surface area contributed by atoms with Crippen molar-refractivity contribution in [2.24, 2.45) is 0 Å². The van der Waals surface area contributed by atoms with E-state index in [0.717, 1.165) is 19.1 Å². The summed E-state index contributed by atoms with van der Waals surface area (Å²) in [7, 11) is -4.33. The van der Waals surface area contributed by atoms with Gasteiger partial charge in [0.15, 0.2) is 6.10 Å². The van der Waals surface area contributed by atoms with Gasteiger partial charge in [0.1, 0.15) is 4.90 Å². The standard InChI is InChI=1S/C9H7Cl3O5S/c1-4(9(13)14)17-18(15,16)8-3-6(11)5(10)2-7(8)12/h2-4H,1H3,(H,13,14)/t4-/m0/s1. The minimum atomic E-state index is -4.33. The molecule has 0 amide bonds. The highest BCUT2D eigenvalue weighted by atomic mass is 35.5. The van der Waals surface area contributed by atoms with Gasteiger partial charge in [-0.25, -0.2) is 4.79 Å². The quantitative estimate of drug-likeness (QED) is 0.677. The summed E-state index contributed by atoms with van der Waals surface area (Å²) in [4.78, 5) is 10.1. The predicted molar refractivity (Wildman–Crippen MR) is 66.8 cm³/mol. The number of hydrogen-bond donors (Lipinski definition) is 1. The Hall–Kier alpha value is -0.530. The third-order valence-corrected chi connectivity index (χ3v) is 4.43. The summed E-state index contributed by atoms with van der Waals surface area (Å²) in [5.74, 6) is -1.42. The first-order valence-corrected chi connectivity index (χ1v) is 7.00. The molecule has 18 heavy (non-hydrogen) atoms. The summed E-state index contributed by atoms with van der Waals surface area (Å²) >= 11 is 17.0. The van der Waals surface area contributed by atoms with E-state index in [2.05, 4.69) is 4.18 Å². The summed E-state index contributed by atoms with van der Waals surface area (Å²) < 4.78 is 28.0. The average molecular weight is 334 g/mol. The minimum absolute atomic E-state index is 0.0359. The zero-order chi connectivity index (χ0) is 14.1. The molecule has 1 rings (SSSR count). The zero-order valence-electron chi connectivity index (χ0n) is 8.85. The Kier molecular flexibility index (Phi) is 4.85. The number of benzene rings is 1. The van der Waals surface area contributed by atoms with E-state index in [1.165, 1.54) is 0 Å². The van der Waals surface area contributed by atoms with Crippen LogP contribution in [0.25, 0.3) is 0 Å². The molecule has 0 aliphatic heterocycles. The molecule has 0 radical (unpaired) electrons. The van der Waals surface area contributed by atoms with E-state index in [4.69, 9.17) is 39.9 Å². The van der Waals surface area contributed by atoms with Crippen molar-refractivity contribution in [2.45, 2.75) is 17.9 Å². The fraction of sp³-hybridized carbons (Fsp3) is 0.222. The van der Waals surface area contributed by atoms with Crippen LogP contribution < -0.4 is 0 Å². The van der Waals surface area contributed by atoms with Crippen LogP contribution in [0.4, 0.5) is 0 Å². The first-order valence-electron chi connectivity index (χ1n) is 4.46. The molecule has 0 aromatic heterocycles. The summed E-state index contributed by atoms with van der Waals surface area (Å²) in [5, 5.41) is 8.42. The van der Waals surface area contributed by atoms with Crippen LogP contribution in [0.3, 0.4) is 0 Å². The lowest BCUT2D eigenvalue weighted by atomic mass is 10.4. The van der Waals surface area contributed by atoms with Crippen molar-refractivity contribution in [3.05, 3.63) is 27.2 Å². The molecule has 5 nitrogen and oxygen atoms in total. The van der Waals surface area contributed by atoms with E-state index in [-0.39, 0.29) is 15.1 Å². The summed E-state index contributed by atoms with van der Waals surface area (Å²) in [5.41, 5.74) is 0. The molecule has 0 bridgehead atoms. The van der Waals surface area contributed by atoms with Gasteiger partial charge in [-0.3, -0.25) is 4.18 Å². The average Bonchev–Trinajstić information content (AvgIpc) is 2.22. The number of aliphatic carboxylic acids is 1. The van der Waals surface area contributed by atoms with Crippen LogP contribution in [-0.2, 0) is 19.1 Å². The minimum Gasteiger partial charge on any atom is -0.479 e. The van der Waals surface area contributed by atoms with Crippen LogP contribution in [0.5, 0.6) is 0 Å². The van der Waals surface area contributed by atoms with Gasteiger partial charge in [-0.1, -0.05) is 34.8 Å². The van der Waals surface area contributed by atoms with Crippen LogP contribution in [0.2, 0.25) is 15.1 Å². The van der Waals surface area contributed by atoms with Gasteiger partial charge in [0.2, 0.25) is 0 Å². The predicted octanol–water partition coefficient (Wildman–Crippen LogP) is 2.83. The molecule has 0 unspecified atom stereocenters. The molecule has 0 aliphatic rings. The van der Waals surface area contributed by atoms with Crippen molar-refractivity contribution in [3.63, 3.8) is 0 Å². The van der Waals surface area contributed by atoms with Gasteiger partial charge in [-0.2, -0.15) is 8.42 Å². The van der Waals surface area contributed by atoms with Crippen molar-refractivity contribution in [2.75, 3.05) is 0 Å². The lowest BCUT2D eigenvalue weighted by Crippen LogP contribution is -2.24. The van der Waals surface area contributed by atoms with Crippen LogP contribution in [0, 0.1) is 0 Å². The van der Waals surface area contributed by atoms with Crippen molar-refractivity contribution in [1.29, 1.82) is 0 Å². The van der Waals surface area contributed by atoms with Crippen LogP contribution in [0.15, 0.2) is 17.0 Å². The molecule has 0 aliphatic carbocycles. The van der Waals surface area contributed by atoms with E-state index >= 15 is 0 Å². The molecule has 100 valence electrons. The monoisotopic (exact) mass is 332 g/mol. The number of halogens is 3. The number of carboxylic acids is 1. The molecule has 0 saturated carbocycles. The van der Waals surface area contributed by atoms with Crippen LogP contribution in [0.1, 0.15) is 6.92 Å². The van der Waals surface area contributed by atoms with Crippen LogP contribution >= 0.6 is 34.8 Å². The van der Waals surface area contributed by atoms with Crippen molar-refractivity contribution in [3.8, 4) is 0 Å². The highest BCUT2D eigenvalue weighted by molar-refractivity contribution is 7.87. The molecule has 1 aromatic rings. The van der Waals surface area contributed by atoms with Gasteiger partial charge in [0.05, 0.1) is 15.1 Å². The van der Waals surface area contributed by atoms with Crippen molar-refractivity contribution >= 4 is 50.9 Å². The van der Waals surface area contributed by atoms with Crippen LogP contribution in [-0.4, -0.2) is 25.6 Å². The zero-order valence-corrected chi connectivity index (χ0v) is 11.9. The Morgan fingerprint density at radius 2 is 1.72 bits per heavy atom. The molecule has 0 fully saturated rings. The Balaban J connectivity index is 3.21. The number of rotatable bonds is 4. The molecule has 1 N–H and O–H groups in total. The second-order valence-electron chi connectivity index (χ2n) is 3.23. The fourth-order valence-electron chi connectivity index (χ4n) is 0.979. The molecule has 1 atom stereocenters. The van der Waals surface area contributed by atoms with E-state index in [0.29, 0.717) is 0 Å². The van der Waals surface area contributed by atoms with Gasteiger partial charge in [-0.05, 0) is 19.1 Å². The van der Waals surface area contributed by atoms with E-state index in [9.17, 15) is 13.2 Å². The summed E-state index contributed by atoms with van der Waals surface area (Å²) in [6.07, 6.45) is -1.54. The fourth-order valence-corrected chi connectivity index (χ4v) is 3.00. The maximum atomic E-state index is 11.8. The highest BCUT2D eigenvalue weighted by Gasteiger charge is 2.26. The molecular weight excluding hydrogens is 327 g/mol. The summed E-state index contributed by atoms with van der Waals surface area (Å²) in [6, 6.07) is 2.13. The van der Waals surface area contributed by atoms with Crippen molar-refractivity contribution < 1.29 is 22.5 Å². The van der Waals surface area contributed by atoms with Gasteiger partial charge in [0, 0.05) is 0 Å².